The van der Waals surface area contributed by atoms with Crippen LogP contribution in [-0.4, -0.2) is 24.5 Å². The summed E-state index contributed by atoms with van der Waals surface area (Å²) in [6.45, 7) is 2.73. The molecule has 12 heavy (non-hydrogen) atoms. The molecule has 0 aliphatic carbocycles. The lowest BCUT2D eigenvalue weighted by Gasteiger charge is -1.87. The first kappa shape index (κ1) is 9.00. The molecule has 0 aromatic carbocycles. The summed E-state index contributed by atoms with van der Waals surface area (Å²) >= 11 is 0. The molecule has 0 unspecified atom stereocenters. The minimum Gasteiger partial charge on any atom is -0.460 e. The van der Waals surface area contributed by atoms with E-state index >= 15 is 0 Å². The van der Waals surface area contributed by atoms with Gasteiger partial charge in [0.2, 0.25) is 0 Å². The molecule has 0 amide bonds. The highest BCUT2D eigenvalue weighted by molar-refractivity contribution is 5.75. The highest BCUT2D eigenvalue weighted by atomic mass is 16.3. The van der Waals surface area contributed by atoms with Crippen LogP contribution in [0.25, 0.3) is 0 Å². The standard InChI is InChI=1S/C9H13NO2/c1-8-3-4-9(12-8)7-10-5-2-6-11/h3-4,7,11H,2,5-6H2,1H3. The van der Waals surface area contributed by atoms with E-state index in [2.05, 4.69) is 4.99 Å². The van der Waals surface area contributed by atoms with Crippen LogP contribution < -0.4 is 0 Å². The number of nitrogens with zero attached hydrogens (tertiary/aromatic N) is 1. The average molecular weight is 167 g/mol. The maximum absolute atomic E-state index is 8.47. The Labute approximate surface area is 71.7 Å². The minimum absolute atomic E-state index is 0.189. The number of aryl methyl sites for hydroxylation is 1. The molecule has 1 aromatic rings. The van der Waals surface area contributed by atoms with Gasteiger partial charge in [-0.05, 0) is 25.5 Å². The summed E-state index contributed by atoms with van der Waals surface area (Å²) in [6.07, 6.45) is 2.39. The maximum Gasteiger partial charge on any atom is 0.144 e. The molecule has 1 rings (SSSR count). The predicted molar refractivity (Wildman–Crippen MR) is 47.6 cm³/mol. The quantitative estimate of drug-likeness (QED) is 0.544. The van der Waals surface area contributed by atoms with Gasteiger partial charge in [-0.1, -0.05) is 0 Å². The molecule has 0 spiro atoms. The zero-order valence-electron chi connectivity index (χ0n) is 7.16. The lowest BCUT2D eigenvalue weighted by molar-refractivity contribution is 0.291. The van der Waals surface area contributed by atoms with E-state index in [4.69, 9.17) is 9.52 Å². The first-order valence-corrected chi connectivity index (χ1v) is 4.00. The van der Waals surface area contributed by atoms with Crippen molar-refractivity contribution >= 4 is 6.21 Å². The molecule has 0 atom stereocenters. The Bertz CT molecular complexity index is 253. The number of aliphatic hydroxyl groups is 1. The van der Waals surface area contributed by atoms with Crippen LogP contribution >= 0.6 is 0 Å². The summed E-state index contributed by atoms with van der Waals surface area (Å²) in [4.78, 5) is 4.07. The first-order valence-electron chi connectivity index (χ1n) is 4.00. The smallest absolute Gasteiger partial charge is 0.144 e. The summed E-state index contributed by atoms with van der Waals surface area (Å²) in [5, 5.41) is 8.47. The van der Waals surface area contributed by atoms with Gasteiger partial charge >= 0.3 is 0 Å². The second-order valence-corrected chi connectivity index (χ2v) is 2.56. The first-order chi connectivity index (χ1) is 5.83. The highest BCUT2D eigenvalue weighted by Crippen LogP contribution is 2.02. The fourth-order valence-electron chi connectivity index (χ4n) is 0.839. The molecule has 0 fully saturated rings. The molecule has 3 heteroatoms. The summed E-state index contributed by atoms with van der Waals surface area (Å²) in [5.41, 5.74) is 0. The molecule has 66 valence electrons. The third-order valence-corrected chi connectivity index (χ3v) is 1.43. The lowest BCUT2D eigenvalue weighted by atomic mass is 10.4. The van der Waals surface area contributed by atoms with E-state index in [1.54, 1.807) is 6.21 Å². The molecule has 3 nitrogen and oxygen atoms in total. The topological polar surface area (TPSA) is 45.7 Å². The van der Waals surface area contributed by atoms with Crippen molar-refractivity contribution in [2.45, 2.75) is 13.3 Å². The van der Waals surface area contributed by atoms with Crippen LogP contribution in [0, 0.1) is 6.92 Å². The number of hydrogen-bond acceptors (Lipinski definition) is 3. The van der Waals surface area contributed by atoms with E-state index in [0.29, 0.717) is 13.0 Å². The van der Waals surface area contributed by atoms with Crippen LogP contribution in [0.3, 0.4) is 0 Å². The summed E-state index contributed by atoms with van der Waals surface area (Å²) in [6, 6.07) is 3.77. The molecule has 0 saturated heterocycles. The third-order valence-electron chi connectivity index (χ3n) is 1.43. The van der Waals surface area contributed by atoms with Gasteiger partial charge in [-0.2, -0.15) is 0 Å². The molecule has 1 heterocycles. The Morgan fingerprint density at radius 1 is 1.58 bits per heavy atom. The van der Waals surface area contributed by atoms with Crippen molar-refractivity contribution in [3.05, 3.63) is 23.7 Å². The van der Waals surface area contributed by atoms with Crippen LogP contribution in [0.15, 0.2) is 21.5 Å². The van der Waals surface area contributed by atoms with Crippen molar-refractivity contribution in [1.82, 2.24) is 0 Å². The molecule has 0 radical (unpaired) electrons. The van der Waals surface area contributed by atoms with Gasteiger partial charge in [-0.15, -0.1) is 0 Å². The van der Waals surface area contributed by atoms with Gasteiger partial charge < -0.3 is 9.52 Å². The second-order valence-electron chi connectivity index (χ2n) is 2.56. The van der Waals surface area contributed by atoms with Crippen LogP contribution in [0.4, 0.5) is 0 Å². The Morgan fingerprint density at radius 3 is 3.00 bits per heavy atom. The highest BCUT2D eigenvalue weighted by Gasteiger charge is 1.91. The van der Waals surface area contributed by atoms with Crippen molar-refractivity contribution < 1.29 is 9.52 Å². The molecule has 0 bridgehead atoms. The van der Waals surface area contributed by atoms with E-state index in [1.165, 1.54) is 0 Å². The third kappa shape index (κ3) is 2.88. The van der Waals surface area contributed by atoms with E-state index in [1.807, 2.05) is 19.1 Å². The number of furan rings is 1. The largest absolute Gasteiger partial charge is 0.460 e. The van der Waals surface area contributed by atoms with Crippen molar-refractivity contribution in [3.63, 3.8) is 0 Å². The van der Waals surface area contributed by atoms with E-state index in [9.17, 15) is 0 Å². The van der Waals surface area contributed by atoms with Crippen molar-refractivity contribution in [2.24, 2.45) is 4.99 Å². The number of aliphatic imine (C=N–C) groups is 1. The summed E-state index contributed by atoms with van der Waals surface area (Å²) in [5.74, 6) is 1.66. The molecule has 0 saturated carbocycles. The van der Waals surface area contributed by atoms with Gasteiger partial charge in [-0.3, -0.25) is 4.99 Å². The van der Waals surface area contributed by atoms with E-state index in [0.717, 1.165) is 11.5 Å². The monoisotopic (exact) mass is 167 g/mol. The zero-order valence-corrected chi connectivity index (χ0v) is 7.16. The molecule has 0 aliphatic heterocycles. The molecular formula is C9H13NO2. The Kier molecular flexibility index (Phi) is 3.54. The zero-order chi connectivity index (χ0) is 8.81. The van der Waals surface area contributed by atoms with Gasteiger partial charge in [0.1, 0.15) is 11.5 Å². The SMILES string of the molecule is Cc1ccc(C=NCCCO)o1. The van der Waals surface area contributed by atoms with Gasteiger partial charge in [0, 0.05) is 13.2 Å². The van der Waals surface area contributed by atoms with Crippen LogP contribution in [0.1, 0.15) is 17.9 Å². The van der Waals surface area contributed by atoms with Crippen molar-refractivity contribution in [2.75, 3.05) is 13.2 Å². The van der Waals surface area contributed by atoms with Gasteiger partial charge in [0.05, 0.1) is 6.21 Å². The second kappa shape index (κ2) is 4.72. The van der Waals surface area contributed by atoms with E-state index < -0.39 is 0 Å². The van der Waals surface area contributed by atoms with Crippen molar-refractivity contribution in [1.29, 1.82) is 0 Å². The number of rotatable bonds is 4. The Balaban J connectivity index is 2.36. The Hall–Kier alpha value is -1.09. The predicted octanol–water partition coefficient (Wildman–Crippen LogP) is 1.39. The fourth-order valence-corrected chi connectivity index (χ4v) is 0.839. The van der Waals surface area contributed by atoms with Crippen molar-refractivity contribution in [3.8, 4) is 0 Å². The van der Waals surface area contributed by atoms with Crippen LogP contribution in [-0.2, 0) is 0 Å². The maximum atomic E-state index is 8.47. The lowest BCUT2D eigenvalue weighted by Crippen LogP contribution is -1.87. The normalized spacial score (nSPS) is 11.2. The molecular weight excluding hydrogens is 154 g/mol. The minimum atomic E-state index is 0.189. The van der Waals surface area contributed by atoms with Gasteiger partial charge in [-0.25, -0.2) is 0 Å². The van der Waals surface area contributed by atoms with Crippen LogP contribution in [0.5, 0.6) is 0 Å². The van der Waals surface area contributed by atoms with E-state index in [-0.39, 0.29) is 6.61 Å². The Morgan fingerprint density at radius 2 is 2.42 bits per heavy atom. The average Bonchev–Trinajstić information content (AvgIpc) is 2.45. The summed E-state index contributed by atoms with van der Waals surface area (Å²) in [7, 11) is 0. The number of hydrogen-bond donors (Lipinski definition) is 1. The van der Waals surface area contributed by atoms with Gasteiger partial charge in [0.15, 0.2) is 0 Å². The molecule has 1 N–H and O–H groups in total. The van der Waals surface area contributed by atoms with Gasteiger partial charge in [0.25, 0.3) is 0 Å². The molecule has 1 aromatic heterocycles. The molecule has 0 aliphatic rings. The summed E-state index contributed by atoms with van der Waals surface area (Å²) < 4.78 is 5.25. The number of aliphatic hydroxyl groups excluding tert-OH is 1. The fraction of sp³-hybridized carbons (Fsp3) is 0.444. The van der Waals surface area contributed by atoms with Crippen LogP contribution in [0.2, 0.25) is 0 Å².